The minimum atomic E-state index is -1.69. The maximum Gasteiger partial charge on any atom is 0.407 e. The molecule has 1 amide bonds. The van der Waals surface area contributed by atoms with Crippen molar-refractivity contribution in [3.63, 3.8) is 0 Å². The number of hydrogen-bond donors (Lipinski definition) is 9. The number of aliphatic hydroxyl groups is 2. The van der Waals surface area contributed by atoms with E-state index in [9.17, 15) is 35.9 Å². The van der Waals surface area contributed by atoms with Gasteiger partial charge in [-0.05, 0) is 168 Å². The number of phenols is 3. The number of ether oxygens (including phenoxy) is 1. The molecule has 5 aromatic carbocycles. The number of halogens is 4. The molecule has 0 saturated heterocycles. The third kappa shape index (κ3) is 13.4. The average Bonchev–Trinajstić information content (AvgIpc) is 1.44. The topological polar surface area (TPSA) is 288 Å². The molecule has 96 heavy (non-hydrogen) atoms. The molecule has 4 atom stereocenters. The molecule has 8 bridgehead atoms. The van der Waals surface area contributed by atoms with Gasteiger partial charge in [0.25, 0.3) is 0 Å². The van der Waals surface area contributed by atoms with Crippen LogP contribution in [0.2, 0.25) is 0 Å². The van der Waals surface area contributed by atoms with Crippen LogP contribution in [-0.4, -0.2) is 104 Å². The Kier molecular flexibility index (Phi) is 18.8. The fraction of sp³-hybridized carbons (Fsp3) is 0.197. The van der Waals surface area contributed by atoms with Gasteiger partial charge in [0.2, 0.25) is 0 Å². The Labute approximate surface area is 553 Å². The Hall–Kier alpha value is -10.6. The van der Waals surface area contributed by atoms with E-state index in [1.165, 1.54) is 58.0 Å². The zero-order valence-corrected chi connectivity index (χ0v) is 52.6. The number of nitrogens with one attached hydrogen (secondary N) is 4. The number of nitrogens with zero attached hydrogens (tertiary/aromatic N) is 8. The highest BCUT2D eigenvalue weighted by molar-refractivity contribution is 8.76. The average molecular weight is 1330 g/mol. The summed E-state index contributed by atoms with van der Waals surface area (Å²) in [5.41, 5.74) is 15.7. The number of fused-ring (bicyclic) bond motifs is 10. The van der Waals surface area contributed by atoms with Crippen LogP contribution >= 0.6 is 21.6 Å². The number of hydrogen-bond acceptors (Lipinski definition) is 15. The van der Waals surface area contributed by atoms with Crippen molar-refractivity contribution >= 4 is 85.4 Å². The van der Waals surface area contributed by atoms with Crippen LogP contribution in [0.25, 0.3) is 107 Å². The number of anilines is 1. The molecule has 2 aliphatic carbocycles. The number of aromatic nitrogens is 7. The van der Waals surface area contributed by atoms with E-state index < -0.39 is 53.3 Å². The number of H-pyrrole nitrogens is 2. The first-order valence-electron chi connectivity index (χ1n) is 30.8. The second kappa shape index (κ2) is 28.2. The van der Waals surface area contributed by atoms with E-state index in [2.05, 4.69) is 40.9 Å². The lowest BCUT2D eigenvalue weighted by Crippen LogP contribution is -2.27. The molecule has 486 valence electrons. The minimum Gasteiger partial charge on any atom is -0.508 e. The molecule has 4 aliphatic rings. The first-order chi connectivity index (χ1) is 46.7. The number of aliphatic hydroxyl groups excluding tert-OH is 2. The number of aryl methyl sites for hydroxylation is 1. The van der Waals surface area contributed by atoms with Gasteiger partial charge in [0.1, 0.15) is 29.0 Å². The molecular formula is C71H60F4N12O7S2. The summed E-state index contributed by atoms with van der Waals surface area (Å²) in [7, 11) is 2.69. The summed E-state index contributed by atoms with van der Waals surface area (Å²) in [6, 6.07) is 38.0. The number of amides is 1. The number of carbonyl (C=O) groups excluding carboxylic acids is 1. The summed E-state index contributed by atoms with van der Waals surface area (Å²) < 4.78 is 74.8. The van der Waals surface area contributed by atoms with Crippen molar-refractivity contribution in [2.75, 3.05) is 43.1 Å². The summed E-state index contributed by atoms with van der Waals surface area (Å²) in [5, 5.41) is 70.0. The molecule has 1 unspecified atom stereocenters. The van der Waals surface area contributed by atoms with Gasteiger partial charge in [-0.2, -0.15) is 0 Å². The molecular weight excluding hydrogens is 1270 g/mol. The maximum absolute atomic E-state index is 17.1. The van der Waals surface area contributed by atoms with Crippen LogP contribution in [0.4, 0.5) is 33.7 Å². The van der Waals surface area contributed by atoms with Crippen LogP contribution in [-0.2, 0) is 17.6 Å². The van der Waals surface area contributed by atoms with Crippen molar-refractivity contribution in [1.29, 1.82) is 0 Å². The number of azide groups is 1. The first-order valence-corrected chi connectivity index (χ1v) is 33.3. The van der Waals surface area contributed by atoms with Gasteiger partial charge in [-0.1, -0.05) is 98.6 Å². The van der Waals surface area contributed by atoms with E-state index in [0.717, 1.165) is 24.2 Å². The molecule has 1 saturated carbocycles. The minimum absolute atomic E-state index is 0.0174. The predicted molar refractivity (Wildman–Crippen MR) is 365 cm³/mol. The summed E-state index contributed by atoms with van der Waals surface area (Å²) in [6.45, 7) is -0.0777. The Morgan fingerprint density at radius 2 is 1.17 bits per heavy atom. The molecule has 4 aromatic heterocycles. The Balaban J connectivity index is 0.694. The van der Waals surface area contributed by atoms with Gasteiger partial charge >= 0.3 is 6.09 Å². The van der Waals surface area contributed by atoms with Crippen LogP contribution in [0.3, 0.4) is 0 Å². The molecule has 9 aromatic rings. The van der Waals surface area contributed by atoms with Gasteiger partial charge in [-0.15, -0.1) is 5.10 Å². The van der Waals surface area contributed by atoms with Crippen molar-refractivity contribution in [2.24, 2.45) is 22.9 Å². The van der Waals surface area contributed by atoms with E-state index in [4.69, 9.17) is 14.7 Å². The molecule has 0 spiro atoms. The van der Waals surface area contributed by atoms with E-state index in [0.29, 0.717) is 103 Å². The lowest BCUT2D eigenvalue weighted by Gasteiger charge is -2.14. The fourth-order valence-electron chi connectivity index (χ4n) is 12.7. The van der Waals surface area contributed by atoms with E-state index in [1.54, 1.807) is 120 Å². The molecule has 13 rings (SSSR count). The Bertz CT molecular complexity index is 4830. The zero-order valence-electron chi connectivity index (χ0n) is 50.9. The van der Waals surface area contributed by atoms with Crippen LogP contribution < -0.4 is 10.6 Å². The van der Waals surface area contributed by atoms with Gasteiger partial charge < -0.3 is 50.9 Å². The fourth-order valence-corrected chi connectivity index (χ4v) is 14.5. The SMILES string of the molecule is [N-]=[N+]=Nc1ccc(C(O)CO)ccccc(-n2nnc3c2CC[C@@H]2[C@H](CC3)[C@H]2COC(=O)NCCSSCCNc2c(F)c(F)c(-c3c4nc(c(-c5cccc(O)c5)c5ccc([nH]5)c(-c5cccc(O)c5)c5nc(c(-c6cccc(O)c6)c6ccc3[nH]6)C=C5)C=C4)c(F)c2F)c1. The van der Waals surface area contributed by atoms with E-state index >= 15 is 17.6 Å². The van der Waals surface area contributed by atoms with Crippen molar-refractivity contribution in [3.05, 3.63) is 213 Å². The number of carbonyl (C=O) groups is 1. The molecule has 0 radical (unpaired) electrons. The van der Waals surface area contributed by atoms with Gasteiger partial charge in [0, 0.05) is 79.5 Å². The van der Waals surface area contributed by atoms with Crippen LogP contribution in [0.5, 0.6) is 17.2 Å². The second-order valence-corrected chi connectivity index (χ2v) is 25.9. The normalized spacial score (nSPS) is 15.5. The summed E-state index contributed by atoms with van der Waals surface area (Å²) in [6.07, 6.45) is 7.95. The lowest BCUT2D eigenvalue weighted by molar-refractivity contribution is 0.0957. The van der Waals surface area contributed by atoms with E-state index in [1.807, 2.05) is 12.1 Å². The molecule has 25 heteroatoms. The van der Waals surface area contributed by atoms with Crippen LogP contribution in [0.1, 0.15) is 58.7 Å². The quantitative estimate of drug-likeness (QED) is 0.00735. The molecule has 9 N–H and O–H groups in total. The van der Waals surface area contributed by atoms with Crippen molar-refractivity contribution in [1.82, 2.24) is 40.2 Å². The summed E-state index contributed by atoms with van der Waals surface area (Å²) in [5.74, 6) is -5.28. The first kappa shape index (κ1) is 64.2. The Morgan fingerprint density at radius 1 is 0.646 bits per heavy atom. The largest absolute Gasteiger partial charge is 0.508 e. The second-order valence-electron chi connectivity index (χ2n) is 23.2. The summed E-state index contributed by atoms with van der Waals surface area (Å²) in [4.78, 5) is 32.6. The number of alkyl carbamates (subject to hydrolysis) is 1. The molecule has 6 heterocycles. The van der Waals surface area contributed by atoms with Gasteiger partial charge in [0.05, 0.1) is 58.6 Å². The number of phenolic OH excluding ortho intramolecular Hbond substituents is 3. The smallest absolute Gasteiger partial charge is 0.407 e. The number of benzene rings is 4. The molecule has 2 aliphatic heterocycles. The highest BCUT2D eigenvalue weighted by Crippen LogP contribution is 2.53. The van der Waals surface area contributed by atoms with Gasteiger partial charge in [-0.25, -0.2) is 37.0 Å². The predicted octanol–water partition coefficient (Wildman–Crippen LogP) is 15.6. The van der Waals surface area contributed by atoms with Gasteiger partial charge in [0.15, 0.2) is 23.3 Å². The lowest BCUT2D eigenvalue weighted by atomic mass is 10.0. The zero-order chi connectivity index (χ0) is 66.6. The monoisotopic (exact) mass is 1330 g/mol. The highest BCUT2D eigenvalue weighted by Gasteiger charge is 2.50. The van der Waals surface area contributed by atoms with Crippen molar-refractivity contribution in [3.8, 4) is 67.4 Å². The van der Waals surface area contributed by atoms with E-state index in [-0.39, 0.29) is 76.8 Å². The molecule has 19 nitrogen and oxygen atoms in total. The number of rotatable bonds is 18. The van der Waals surface area contributed by atoms with Crippen LogP contribution in [0.15, 0.2) is 145 Å². The Morgan fingerprint density at radius 3 is 1.71 bits per heavy atom. The van der Waals surface area contributed by atoms with Crippen LogP contribution in [0, 0.1) is 41.0 Å². The highest BCUT2D eigenvalue weighted by atomic mass is 33.1. The molecule has 1 fully saturated rings. The van der Waals surface area contributed by atoms with Crippen molar-refractivity contribution < 1.29 is 52.6 Å². The number of aromatic amines is 2. The third-order valence-corrected chi connectivity index (χ3v) is 19.7. The summed E-state index contributed by atoms with van der Waals surface area (Å²) >= 11 is 0. The number of aromatic hydroxyl groups is 3. The maximum atomic E-state index is 17.1. The van der Waals surface area contributed by atoms with Crippen molar-refractivity contribution in [2.45, 2.75) is 31.8 Å². The standard InChI is InChI=1S/C71H60F4N12O7S2/c72-66-65(64-57-25-23-55(81-57)62(40-8-4-12-45(90)33-40)53-21-19-51(79-53)61(39-7-3-11-44(89)32-39)52-20-22-54(80-52)63(56-24-26-58(64)82-56)41-9-5-13-46(91)34-41)67(73)69(75)70(68(66)74)77-28-30-95-96-31-29-78-71(93)94-37-49-47-16-18-50-59(27-17-48(47)49)87(86-84-50)43-10-2-1-6-38(60(92)36-88)14-15-42(35-43)83-85-76/h1-15,19-26,32-35,47-49,60,77,79,82,88-92H,16-18,27-31,36-37H2,(H,78,93)/t47-,48+,49+,60?/m0/s1. The third-order valence-electron chi connectivity index (χ3n) is 17.3. The van der Waals surface area contributed by atoms with Gasteiger partial charge in [-0.3, -0.25) is 0 Å².